The number of rotatable bonds is 2. The topological polar surface area (TPSA) is 46.5 Å². The van der Waals surface area contributed by atoms with E-state index in [0.29, 0.717) is 12.8 Å². The Morgan fingerprint density at radius 1 is 1.75 bits per heavy atom. The first-order chi connectivity index (χ1) is 5.62. The molecule has 1 N–H and O–H groups in total. The monoisotopic (exact) mass is 172 g/mol. The quantitative estimate of drug-likeness (QED) is 0.668. The number of aliphatic hydroxyl groups excluding tert-OH is 1. The molecule has 3 heteroatoms. The molecule has 0 amide bonds. The molecule has 1 aliphatic rings. The van der Waals surface area contributed by atoms with Gasteiger partial charge in [-0.15, -0.1) is 0 Å². The van der Waals surface area contributed by atoms with Crippen molar-refractivity contribution in [1.82, 2.24) is 0 Å². The minimum absolute atomic E-state index is 0.0960. The Labute approximate surface area is 72.7 Å². The van der Waals surface area contributed by atoms with Crippen molar-refractivity contribution >= 4 is 5.78 Å². The van der Waals surface area contributed by atoms with Gasteiger partial charge in [0.1, 0.15) is 5.78 Å². The van der Waals surface area contributed by atoms with Gasteiger partial charge in [0.15, 0.2) is 0 Å². The minimum atomic E-state index is -0.220. The van der Waals surface area contributed by atoms with E-state index >= 15 is 0 Å². The Morgan fingerprint density at radius 3 is 2.92 bits per heavy atom. The maximum absolute atomic E-state index is 11.1. The zero-order valence-corrected chi connectivity index (χ0v) is 7.67. The Morgan fingerprint density at radius 2 is 2.42 bits per heavy atom. The lowest BCUT2D eigenvalue weighted by Crippen LogP contribution is -2.42. The smallest absolute Gasteiger partial charge is 0.135 e. The van der Waals surface area contributed by atoms with Crippen LogP contribution >= 0.6 is 0 Å². The second-order valence-corrected chi connectivity index (χ2v) is 3.78. The van der Waals surface area contributed by atoms with Crippen LogP contribution in [0.25, 0.3) is 0 Å². The standard InChI is InChI=1S/C9H16O3/c1-9(6-10)4-3-7(11)5-8(9)12-2/h8,10H,3-6H2,1-2H3. The second-order valence-electron chi connectivity index (χ2n) is 3.78. The Kier molecular flexibility index (Phi) is 2.85. The molecule has 70 valence electrons. The second kappa shape index (κ2) is 3.54. The van der Waals surface area contributed by atoms with Gasteiger partial charge >= 0.3 is 0 Å². The summed E-state index contributed by atoms with van der Waals surface area (Å²) in [5, 5.41) is 9.15. The fraction of sp³-hybridized carbons (Fsp3) is 0.889. The van der Waals surface area contributed by atoms with Gasteiger partial charge in [0.25, 0.3) is 0 Å². The molecule has 0 heterocycles. The Bertz CT molecular complexity index is 179. The van der Waals surface area contributed by atoms with Gasteiger partial charge in [-0.05, 0) is 6.42 Å². The van der Waals surface area contributed by atoms with Crippen molar-refractivity contribution in [3.05, 3.63) is 0 Å². The molecular formula is C9H16O3. The summed E-state index contributed by atoms with van der Waals surface area (Å²) in [6, 6.07) is 0. The van der Waals surface area contributed by atoms with E-state index in [9.17, 15) is 4.79 Å². The number of hydrogen-bond donors (Lipinski definition) is 1. The first-order valence-corrected chi connectivity index (χ1v) is 4.28. The average Bonchev–Trinajstić information content (AvgIpc) is 2.09. The summed E-state index contributed by atoms with van der Waals surface area (Å²) >= 11 is 0. The molecule has 0 aromatic carbocycles. The normalized spacial score (nSPS) is 36.9. The van der Waals surface area contributed by atoms with E-state index in [-0.39, 0.29) is 23.9 Å². The molecule has 0 radical (unpaired) electrons. The van der Waals surface area contributed by atoms with Gasteiger partial charge in [-0.25, -0.2) is 0 Å². The third kappa shape index (κ3) is 1.67. The third-order valence-corrected chi connectivity index (χ3v) is 2.81. The minimum Gasteiger partial charge on any atom is -0.396 e. The maximum Gasteiger partial charge on any atom is 0.135 e. The summed E-state index contributed by atoms with van der Waals surface area (Å²) in [6.07, 6.45) is 1.66. The summed E-state index contributed by atoms with van der Waals surface area (Å²) in [5.41, 5.74) is -0.220. The molecule has 0 aliphatic heterocycles. The van der Waals surface area contributed by atoms with Crippen LogP contribution < -0.4 is 0 Å². The van der Waals surface area contributed by atoms with Gasteiger partial charge in [-0.3, -0.25) is 4.79 Å². The third-order valence-electron chi connectivity index (χ3n) is 2.81. The number of aliphatic hydroxyl groups is 1. The number of ether oxygens (including phenoxy) is 1. The highest BCUT2D eigenvalue weighted by atomic mass is 16.5. The van der Waals surface area contributed by atoms with Crippen LogP contribution in [0.15, 0.2) is 0 Å². The number of methoxy groups -OCH3 is 1. The van der Waals surface area contributed by atoms with Crippen molar-refractivity contribution in [2.45, 2.75) is 32.3 Å². The number of carbonyl (C=O) groups excluding carboxylic acids is 1. The molecule has 0 spiro atoms. The molecule has 1 saturated carbocycles. The van der Waals surface area contributed by atoms with E-state index in [4.69, 9.17) is 9.84 Å². The lowest BCUT2D eigenvalue weighted by Gasteiger charge is -2.38. The molecule has 12 heavy (non-hydrogen) atoms. The number of carbonyl (C=O) groups is 1. The molecule has 2 atom stereocenters. The van der Waals surface area contributed by atoms with Crippen molar-refractivity contribution < 1.29 is 14.6 Å². The molecule has 0 saturated heterocycles. The van der Waals surface area contributed by atoms with Crippen molar-refractivity contribution in [1.29, 1.82) is 0 Å². The number of ketones is 1. The molecular weight excluding hydrogens is 156 g/mol. The van der Waals surface area contributed by atoms with Gasteiger partial charge < -0.3 is 9.84 Å². The van der Waals surface area contributed by atoms with E-state index in [1.807, 2.05) is 6.92 Å². The average molecular weight is 172 g/mol. The van der Waals surface area contributed by atoms with E-state index in [2.05, 4.69) is 0 Å². The van der Waals surface area contributed by atoms with Gasteiger partial charge in [0, 0.05) is 25.4 Å². The summed E-state index contributed by atoms with van der Waals surface area (Å²) < 4.78 is 5.19. The van der Waals surface area contributed by atoms with Gasteiger partial charge in [0.05, 0.1) is 12.7 Å². The summed E-state index contributed by atoms with van der Waals surface area (Å²) in [6.45, 7) is 2.06. The maximum atomic E-state index is 11.1. The van der Waals surface area contributed by atoms with Crippen LogP contribution in [0.5, 0.6) is 0 Å². The molecule has 1 rings (SSSR count). The first kappa shape index (κ1) is 9.68. The molecule has 0 aromatic rings. The summed E-state index contributed by atoms with van der Waals surface area (Å²) in [5.74, 6) is 0.243. The Hall–Kier alpha value is -0.410. The zero-order valence-electron chi connectivity index (χ0n) is 7.67. The fourth-order valence-corrected chi connectivity index (χ4v) is 1.69. The molecule has 3 nitrogen and oxygen atoms in total. The zero-order chi connectivity index (χ0) is 9.19. The lowest BCUT2D eigenvalue weighted by atomic mass is 9.73. The van der Waals surface area contributed by atoms with Crippen LogP contribution in [0, 0.1) is 5.41 Å². The van der Waals surface area contributed by atoms with Crippen molar-refractivity contribution in [3.63, 3.8) is 0 Å². The predicted molar refractivity (Wildman–Crippen MR) is 44.8 cm³/mol. The van der Waals surface area contributed by atoms with Crippen LogP contribution in [0.4, 0.5) is 0 Å². The van der Waals surface area contributed by atoms with Crippen LogP contribution in [-0.2, 0) is 9.53 Å². The number of Topliss-reactive ketones (excluding diaryl/α,β-unsaturated/α-hetero) is 1. The van der Waals surface area contributed by atoms with Crippen LogP contribution in [0.3, 0.4) is 0 Å². The van der Waals surface area contributed by atoms with Gasteiger partial charge in [0.2, 0.25) is 0 Å². The highest BCUT2D eigenvalue weighted by Gasteiger charge is 2.39. The molecule has 1 fully saturated rings. The SMILES string of the molecule is COC1CC(=O)CCC1(C)CO. The number of hydrogen-bond acceptors (Lipinski definition) is 3. The van der Waals surface area contributed by atoms with Crippen molar-refractivity contribution in [2.24, 2.45) is 5.41 Å². The van der Waals surface area contributed by atoms with Crippen LogP contribution in [-0.4, -0.2) is 30.7 Å². The summed E-state index contributed by atoms with van der Waals surface area (Å²) in [4.78, 5) is 11.1. The van der Waals surface area contributed by atoms with E-state index < -0.39 is 0 Å². The highest BCUT2D eigenvalue weighted by Crippen LogP contribution is 2.35. The summed E-state index contributed by atoms with van der Waals surface area (Å²) in [7, 11) is 1.59. The van der Waals surface area contributed by atoms with Gasteiger partial charge in [-0.2, -0.15) is 0 Å². The molecule has 0 aromatic heterocycles. The highest BCUT2D eigenvalue weighted by molar-refractivity contribution is 5.80. The fourth-order valence-electron chi connectivity index (χ4n) is 1.69. The molecule has 0 bridgehead atoms. The molecule has 1 aliphatic carbocycles. The van der Waals surface area contributed by atoms with E-state index in [1.165, 1.54) is 0 Å². The first-order valence-electron chi connectivity index (χ1n) is 4.28. The lowest BCUT2D eigenvalue weighted by molar-refractivity contribution is -0.132. The van der Waals surface area contributed by atoms with E-state index in [0.717, 1.165) is 6.42 Å². The Balaban J connectivity index is 2.68. The molecule has 2 unspecified atom stereocenters. The predicted octanol–water partition coefficient (Wildman–Crippen LogP) is 0.753. The van der Waals surface area contributed by atoms with E-state index in [1.54, 1.807) is 7.11 Å². The largest absolute Gasteiger partial charge is 0.396 e. The van der Waals surface area contributed by atoms with Crippen LogP contribution in [0.1, 0.15) is 26.2 Å². The van der Waals surface area contributed by atoms with Crippen molar-refractivity contribution in [2.75, 3.05) is 13.7 Å². The van der Waals surface area contributed by atoms with Crippen LogP contribution in [0.2, 0.25) is 0 Å². The van der Waals surface area contributed by atoms with Crippen molar-refractivity contribution in [3.8, 4) is 0 Å². The van der Waals surface area contributed by atoms with Gasteiger partial charge in [-0.1, -0.05) is 6.92 Å².